The van der Waals surface area contributed by atoms with E-state index in [1.165, 1.54) is 0 Å². The third-order valence-corrected chi connectivity index (χ3v) is 3.96. The monoisotopic (exact) mass is 365 g/mol. The van der Waals surface area contributed by atoms with Crippen molar-refractivity contribution in [1.82, 2.24) is 10.6 Å². The summed E-state index contributed by atoms with van der Waals surface area (Å²) in [5.74, 6) is -0.00807. The highest BCUT2D eigenvalue weighted by molar-refractivity contribution is 6.36. The van der Waals surface area contributed by atoms with E-state index in [1.807, 2.05) is 18.2 Å². The molecule has 3 rings (SSSR count). The van der Waals surface area contributed by atoms with Gasteiger partial charge in [-0.1, -0.05) is 53.0 Å². The second-order valence-electron chi connectivity index (χ2n) is 4.71. The third-order valence-electron chi connectivity index (χ3n) is 3.08. The minimum absolute atomic E-state index is 0.289. The Balaban J connectivity index is 1.88. The van der Waals surface area contributed by atoms with E-state index in [4.69, 9.17) is 34.8 Å². The topological polar surface area (TPSA) is 53.5 Å². The lowest BCUT2D eigenvalue weighted by atomic mass is 10.2. The van der Waals surface area contributed by atoms with Gasteiger partial charge in [0.1, 0.15) is 5.70 Å². The Morgan fingerprint density at radius 1 is 0.957 bits per heavy atom. The Kier molecular flexibility index (Phi) is 4.57. The number of carbonyl (C=O) groups is 1. The van der Waals surface area contributed by atoms with Gasteiger partial charge in [0, 0.05) is 10.0 Å². The molecule has 116 valence electrons. The van der Waals surface area contributed by atoms with Gasteiger partial charge in [-0.15, -0.1) is 0 Å². The molecule has 2 aromatic rings. The van der Waals surface area contributed by atoms with Crippen molar-refractivity contribution in [3.05, 3.63) is 68.8 Å². The molecule has 23 heavy (non-hydrogen) atoms. The molecule has 0 bridgehead atoms. The van der Waals surface area contributed by atoms with Crippen LogP contribution in [0.15, 0.2) is 53.2 Å². The number of carbonyl (C=O) groups excluding carboxylic acids is 1. The first kappa shape index (κ1) is 15.9. The van der Waals surface area contributed by atoms with Crippen LogP contribution < -0.4 is 10.6 Å². The molecule has 1 aliphatic rings. The first-order chi connectivity index (χ1) is 11.0. The molecular weight excluding hydrogens is 357 g/mol. The van der Waals surface area contributed by atoms with Crippen LogP contribution in [0.3, 0.4) is 0 Å². The molecule has 0 saturated carbocycles. The van der Waals surface area contributed by atoms with Gasteiger partial charge in [0.15, 0.2) is 0 Å². The lowest BCUT2D eigenvalue weighted by molar-refractivity contribution is -0.115. The van der Waals surface area contributed by atoms with E-state index >= 15 is 0 Å². The molecule has 0 radical (unpaired) electrons. The highest BCUT2D eigenvalue weighted by Gasteiger charge is 2.22. The Bertz CT molecular complexity index is 846. The SMILES string of the molecule is O=C1NC(=Nc2ccc(Cl)cc2Cl)N/C1=C/c1ccccc1Cl. The lowest BCUT2D eigenvalue weighted by Gasteiger charge is -2.01. The zero-order chi connectivity index (χ0) is 16.4. The summed E-state index contributed by atoms with van der Waals surface area (Å²) in [4.78, 5) is 16.3. The summed E-state index contributed by atoms with van der Waals surface area (Å²) >= 11 is 18.0. The number of halogens is 3. The molecule has 1 fully saturated rings. The van der Waals surface area contributed by atoms with Gasteiger partial charge < -0.3 is 5.32 Å². The number of guanidine groups is 1. The highest BCUT2D eigenvalue weighted by atomic mass is 35.5. The fourth-order valence-corrected chi connectivity index (χ4v) is 2.63. The molecule has 2 aromatic carbocycles. The van der Waals surface area contributed by atoms with Gasteiger partial charge >= 0.3 is 0 Å². The van der Waals surface area contributed by atoms with Crippen LogP contribution in [-0.4, -0.2) is 11.9 Å². The van der Waals surface area contributed by atoms with Crippen LogP contribution in [0, 0.1) is 0 Å². The van der Waals surface area contributed by atoms with Gasteiger partial charge in [-0.2, -0.15) is 0 Å². The summed E-state index contributed by atoms with van der Waals surface area (Å²) in [6.45, 7) is 0. The van der Waals surface area contributed by atoms with E-state index < -0.39 is 0 Å². The first-order valence-corrected chi connectivity index (χ1v) is 7.74. The fourth-order valence-electron chi connectivity index (χ4n) is 1.99. The predicted octanol–water partition coefficient (Wildman–Crippen LogP) is 4.39. The second-order valence-corrected chi connectivity index (χ2v) is 5.97. The zero-order valence-corrected chi connectivity index (χ0v) is 13.9. The maximum atomic E-state index is 12.0. The summed E-state index contributed by atoms with van der Waals surface area (Å²) in [6, 6.07) is 12.2. The Hall–Kier alpha value is -2.01. The standard InChI is InChI=1S/C16H10Cl3N3O/c17-10-5-6-13(12(19)8-10)20-16-21-14(15(23)22-16)7-9-3-1-2-4-11(9)18/h1-8H,(H2,20,21,22,23)/b14-7+. The van der Waals surface area contributed by atoms with Crippen molar-refractivity contribution in [3.8, 4) is 0 Å². The number of nitrogens with zero attached hydrogens (tertiary/aromatic N) is 1. The number of benzene rings is 2. The number of rotatable bonds is 2. The molecule has 4 nitrogen and oxygen atoms in total. The van der Waals surface area contributed by atoms with Crippen LogP contribution in [0.1, 0.15) is 5.56 Å². The molecule has 1 saturated heterocycles. The number of aliphatic imine (C=N–C) groups is 1. The van der Waals surface area contributed by atoms with Crippen LogP contribution in [0.2, 0.25) is 15.1 Å². The largest absolute Gasteiger partial charge is 0.321 e. The molecule has 0 aliphatic carbocycles. The van der Waals surface area contributed by atoms with Gasteiger partial charge in [0.05, 0.1) is 10.7 Å². The number of hydrogen-bond acceptors (Lipinski definition) is 2. The highest BCUT2D eigenvalue weighted by Crippen LogP contribution is 2.28. The fraction of sp³-hybridized carbons (Fsp3) is 0. The van der Waals surface area contributed by atoms with Crippen molar-refractivity contribution < 1.29 is 4.79 Å². The van der Waals surface area contributed by atoms with Crippen LogP contribution in [0.25, 0.3) is 6.08 Å². The van der Waals surface area contributed by atoms with Gasteiger partial charge in [-0.25, -0.2) is 4.99 Å². The average molecular weight is 367 g/mol. The number of nitrogens with one attached hydrogen (secondary N) is 2. The van der Waals surface area contributed by atoms with Gasteiger partial charge in [-0.05, 0) is 35.9 Å². The molecule has 0 spiro atoms. The van der Waals surface area contributed by atoms with Crippen molar-refractivity contribution in [2.24, 2.45) is 4.99 Å². The van der Waals surface area contributed by atoms with Crippen molar-refractivity contribution in [3.63, 3.8) is 0 Å². The molecule has 1 amide bonds. The van der Waals surface area contributed by atoms with Gasteiger partial charge in [-0.3, -0.25) is 10.1 Å². The maximum Gasteiger partial charge on any atom is 0.274 e. The van der Waals surface area contributed by atoms with E-state index in [1.54, 1.807) is 30.3 Å². The Morgan fingerprint density at radius 2 is 1.74 bits per heavy atom. The minimum Gasteiger partial charge on any atom is -0.321 e. The normalized spacial score (nSPS) is 17.4. The van der Waals surface area contributed by atoms with E-state index in [9.17, 15) is 4.79 Å². The lowest BCUT2D eigenvalue weighted by Crippen LogP contribution is -2.24. The van der Waals surface area contributed by atoms with E-state index in [-0.39, 0.29) is 11.9 Å². The van der Waals surface area contributed by atoms with Crippen LogP contribution in [0.4, 0.5) is 5.69 Å². The minimum atomic E-state index is -0.297. The summed E-state index contributed by atoms with van der Waals surface area (Å²) in [7, 11) is 0. The quantitative estimate of drug-likeness (QED) is 0.774. The zero-order valence-electron chi connectivity index (χ0n) is 11.6. The smallest absolute Gasteiger partial charge is 0.274 e. The first-order valence-electron chi connectivity index (χ1n) is 6.61. The third kappa shape index (κ3) is 3.67. The number of amides is 1. The predicted molar refractivity (Wildman–Crippen MR) is 94.3 cm³/mol. The van der Waals surface area contributed by atoms with Crippen LogP contribution in [-0.2, 0) is 4.79 Å². The molecule has 0 atom stereocenters. The summed E-state index contributed by atoms with van der Waals surface area (Å²) in [5, 5.41) is 7.00. The van der Waals surface area contributed by atoms with Gasteiger partial charge in [0.2, 0.25) is 5.96 Å². The molecule has 2 N–H and O–H groups in total. The number of hydrogen-bond donors (Lipinski definition) is 2. The van der Waals surface area contributed by atoms with Crippen molar-refractivity contribution >= 4 is 58.4 Å². The maximum absolute atomic E-state index is 12.0. The van der Waals surface area contributed by atoms with Crippen LogP contribution in [0.5, 0.6) is 0 Å². The summed E-state index contributed by atoms with van der Waals surface area (Å²) < 4.78 is 0. The van der Waals surface area contributed by atoms with E-state index in [0.717, 1.165) is 5.56 Å². The van der Waals surface area contributed by atoms with E-state index in [0.29, 0.717) is 26.5 Å². The molecule has 0 unspecified atom stereocenters. The Labute approximate surface area is 147 Å². The molecule has 7 heteroatoms. The average Bonchev–Trinajstić information content (AvgIpc) is 2.84. The van der Waals surface area contributed by atoms with Crippen molar-refractivity contribution in [2.75, 3.05) is 0 Å². The summed E-state index contributed by atoms with van der Waals surface area (Å²) in [6.07, 6.45) is 1.66. The molecule has 0 aromatic heterocycles. The van der Waals surface area contributed by atoms with Crippen molar-refractivity contribution in [2.45, 2.75) is 0 Å². The molecule has 1 aliphatic heterocycles. The molecular formula is C16H10Cl3N3O. The molecule has 1 heterocycles. The van der Waals surface area contributed by atoms with E-state index in [2.05, 4.69) is 15.6 Å². The second kappa shape index (κ2) is 6.62. The summed E-state index contributed by atoms with van der Waals surface area (Å²) in [5.41, 5.74) is 1.58. The van der Waals surface area contributed by atoms with Crippen molar-refractivity contribution in [1.29, 1.82) is 0 Å². The van der Waals surface area contributed by atoms with Crippen LogP contribution >= 0.6 is 34.8 Å². The van der Waals surface area contributed by atoms with Gasteiger partial charge in [0.25, 0.3) is 5.91 Å². The Morgan fingerprint density at radius 3 is 2.48 bits per heavy atom.